The minimum absolute atomic E-state index is 0.0361. The zero-order chi connectivity index (χ0) is 18.1. The Balaban J connectivity index is 1.77. The van der Waals surface area contributed by atoms with Crippen LogP contribution in [0.3, 0.4) is 0 Å². The Morgan fingerprint density at radius 3 is 2.76 bits per heavy atom. The molecule has 1 amide bonds. The number of hydrogen-bond donors (Lipinski definition) is 1. The molecule has 0 atom stereocenters. The molecule has 2 aromatic rings. The number of carbonyl (C=O) groups is 1. The van der Waals surface area contributed by atoms with Gasteiger partial charge >= 0.3 is 0 Å². The van der Waals surface area contributed by atoms with E-state index >= 15 is 0 Å². The van der Waals surface area contributed by atoms with Crippen molar-refractivity contribution in [1.29, 1.82) is 0 Å². The van der Waals surface area contributed by atoms with E-state index in [1.165, 1.54) is 18.2 Å². The van der Waals surface area contributed by atoms with Crippen LogP contribution in [0.5, 0.6) is 0 Å². The van der Waals surface area contributed by atoms with E-state index in [9.17, 15) is 23.7 Å². The Hall–Kier alpha value is -2.55. The highest BCUT2D eigenvalue weighted by Gasteiger charge is 2.29. The predicted octanol–water partition coefficient (Wildman–Crippen LogP) is 3.90. The first-order valence-corrected chi connectivity index (χ1v) is 7.82. The number of nitrogens with one attached hydrogen (secondary N) is 1. The molecule has 0 spiro atoms. The van der Waals surface area contributed by atoms with Gasteiger partial charge in [0.1, 0.15) is 12.2 Å². The minimum Gasteiger partial charge on any atom is -0.323 e. The number of non-ortho nitro benzene ring substituents is 1. The monoisotopic (exact) mass is 370 g/mol. The molecule has 1 aliphatic carbocycles. The van der Waals surface area contributed by atoms with E-state index in [-0.39, 0.29) is 28.0 Å². The van der Waals surface area contributed by atoms with Crippen LogP contribution in [0.1, 0.15) is 36.6 Å². The van der Waals surface area contributed by atoms with Crippen molar-refractivity contribution in [3.63, 3.8) is 0 Å². The van der Waals surface area contributed by atoms with E-state index in [2.05, 4.69) is 10.4 Å². The second kappa shape index (κ2) is 6.75. The molecule has 0 aliphatic heterocycles. The average molecular weight is 371 g/mol. The summed E-state index contributed by atoms with van der Waals surface area (Å²) >= 11 is 5.90. The van der Waals surface area contributed by atoms with Crippen LogP contribution in [-0.4, -0.2) is 20.6 Å². The number of nitrogens with zero attached hydrogens (tertiary/aromatic N) is 3. The lowest BCUT2D eigenvalue weighted by molar-refractivity contribution is -0.384. The van der Waals surface area contributed by atoms with Gasteiger partial charge in [-0.1, -0.05) is 11.6 Å². The Morgan fingerprint density at radius 1 is 1.44 bits per heavy atom. The van der Waals surface area contributed by atoms with Gasteiger partial charge in [-0.15, -0.1) is 0 Å². The molecule has 0 bridgehead atoms. The lowest BCUT2D eigenvalue weighted by Gasteiger charge is -2.09. The number of halogens is 3. The SMILES string of the molecule is O=C(Cn1nc(C2CC2)cc1C(F)F)Nc1cc([N+](=O)[O-])ccc1Cl. The van der Waals surface area contributed by atoms with Crippen molar-refractivity contribution < 1.29 is 18.5 Å². The summed E-state index contributed by atoms with van der Waals surface area (Å²) < 4.78 is 27.2. The lowest BCUT2D eigenvalue weighted by Crippen LogP contribution is -2.21. The molecular weight excluding hydrogens is 358 g/mol. The number of rotatable bonds is 6. The summed E-state index contributed by atoms with van der Waals surface area (Å²) in [6.45, 7) is -0.439. The van der Waals surface area contributed by atoms with E-state index in [0.29, 0.717) is 5.69 Å². The molecule has 10 heteroatoms. The third-order valence-electron chi connectivity index (χ3n) is 3.78. The summed E-state index contributed by atoms with van der Waals surface area (Å²) in [5.74, 6) is -0.484. The molecule has 7 nitrogen and oxygen atoms in total. The number of nitro benzene ring substituents is 1. The highest BCUT2D eigenvalue weighted by molar-refractivity contribution is 6.33. The molecule has 132 valence electrons. The third kappa shape index (κ3) is 3.93. The van der Waals surface area contributed by atoms with Gasteiger partial charge in [-0.05, 0) is 25.0 Å². The molecule has 1 aliphatic rings. The number of hydrogen-bond acceptors (Lipinski definition) is 4. The second-order valence-corrected chi connectivity index (χ2v) is 6.10. The minimum atomic E-state index is -2.76. The van der Waals surface area contributed by atoms with Gasteiger partial charge < -0.3 is 5.32 Å². The lowest BCUT2D eigenvalue weighted by atomic mass is 10.2. The highest BCUT2D eigenvalue weighted by atomic mass is 35.5. The molecule has 1 aromatic heterocycles. The number of nitro groups is 1. The van der Waals surface area contributed by atoms with Gasteiger partial charge in [-0.25, -0.2) is 8.78 Å². The number of aromatic nitrogens is 2. The molecule has 0 unspecified atom stereocenters. The number of amides is 1. The van der Waals surface area contributed by atoms with Gasteiger partial charge in [0, 0.05) is 18.1 Å². The van der Waals surface area contributed by atoms with Crippen molar-refractivity contribution in [2.45, 2.75) is 31.7 Å². The van der Waals surface area contributed by atoms with E-state index in [0.717, 1.165) is 23.6 Å². The van der Waals surface area contributed by atoms with E-state index in [1.807, 2.05) is 0 Å². The number of carbonyl (C=O) groups excluding carboxylic acids is 1. The summed E-state index contributed by atoms with van der Waals surface area (Å²) in [6, 6.07) is 4.89. The van der Waals surface area contributed by atoms with E-state index < -0.39 is 23.8 Å². The standard InChI is InChI=1S/C15H13ClF2N4O3/c16-10-4-3-9(22(24)25)5-12(10)19-14(23)7-21-13(15(17)18)6-11(20-21)8-1-2-8/h3-6,8,15H,1-2,7H2,(H,19,23). The summed E-state index contributed by atoms with van der Waals surface area (Å²) in [4.78, 5) is 22.3. The van der Waals surface area contributed by atoms with Crippen LogP contribution in [0.4, 0.5) is 20.2 Å². The van der Waals surface area contributed by atoms with Gasteiger partial charge in [0.2, 0.25) is 5.91 Å². The van der Waals surface area contributed by atoms with Gasteiger partial charge in [-0.2, -0.15) is 5.10 Å². The molecule has 0 saturated heterocycles. The smallest absolute Gasteiger partial charge is 0.280 e. The first-order chi connectivity index (χ1) is 11.8. The Bertz CT molecular complexity index is 836. The van der Waals surface area contributed by atoms with Crippen LogP contribution in [-0.2, 0) is 11.3 Å². The van der Waals surface area contributed by atoms with Crippen molar-refractivity contribution in [1.82, 2.24) is 9.78 Å². The van der Waals surface area contributed by atoms with E-state index in [1.54, 1.807) is 0 Å². The fourth-order valence-electron chi connectivity index (χ4n) is 2.38. The Labute approximate surface area is 145 Å². The number of anilines is 1. The van der Waals surface area contributed by atoms with Crippen LogP contribution in [0.25, 0.3) is 0 Å². The Morgan fingerprint density at radius 2 is 2.16 bits per heavy atom. The van der Waals surface area contributed by atoms with Crippen molar-refractivity contribution in [3.8, 4) is 0 Å². The molecule has 1 fully saturated rings. The maximum absolute atomic E-state index is 13.1. The van der Waals surface area contributed by atoms with Crippen molar-refractivity contribution >= 4 is 28.9 Å². The zero-order valence-electron chi connectivity index (χ0n) is 12.8. The summed E-state index contributed by atoms with van der Waals surface area (Å²) in [5, 5.41) is 17.4. The van der Waals surface area contributed by atoms with Gasteiger partial charge in [-0.3, -0.25) is 19.6 Å². The number of benzene rings is 1. The molecule has 1 N–H and O–H groups in total. The number of alkyl halides is 2. The molecule has 0 radical (unpaired) electrons. The Kier molecular flexibility index (Phi) is 4.67. The van der Waals surface area contributed by atoms with Crippen LogP contribution in [0, 0.1) is 10.1 Å². The predicted molar refractivity (Wildman–Crippen MR) is 85.9 cm³/mol. The summed E-state index contributed by atoms with van der Waals surface area (Å²) in [6.07, 6.45) is -0.959. The van der Waals surface area contributed by atoms with Crippen LogP contribution >= 0.6 is 11.6 Å². The molecule has 3 rings (SSSR count). The molecule has 25 heavy (non-hydrogen) atoms. The maximum atomic E-state index is 13.1. The quantitative estimate of drug-likeness (QED) is 0.616. The van der Waals surface area contributed by atoms with Gasteiger partial charge in [0.05, 0.1) is 21.3 Å². The summed E-state index contributed by atoms with van der Waals surface area (Å²) in [5.41, 5.74) is 0.00999. The topological polar surface area (TPSA) is 90.1 Å². The first kappa shape index (κ1) is 17.3. The third-order valence-corrected chi connectivity index (χ3v) is 4.11. The van der Waals surface area contributed by atoms with Crippen molar-refractivity contribution in [2.24, 2.45) is 0 Å². The van der Waals surface area contributed by atoms with Crippen LogP contribution < -0.4 is 5.32 Å². The fraction of sp³-hybridized carbons (Fsp3) is 0.333. The van der Waals surface area contributed by atoms with Crippen LogP contribution in [0.15, 0.2) is 24.3 Å². The fourth-order valence-corrected chi connectivity index (χ4v) is 2.55. The molecular formula is C15H13ClF2N4O3. The van der Waals surface area contributed by atoms with Crippen LogP contribution in [0.2, 0.25) is 5.02 Å². The largest absolute Gasteiger partial charge is 0.323 e. The normalized spacial score (nSPS) is 13.9. The summed E-state index contributed by atoms with van der Waals surface area (Å²) in [7, 11) is 0. The first-order valence-electron chi connectivity index (χ1n) is 7.44. The van der Waals surface area contributed by atoms with Crippen molar-refractivity contribution in [2.75, 3.05) is 5.32 Å². The average Bonchev–Trinajstić information content (AvgIpc) is 3.30. The maximum Gasteiger partial charge on any atom is 0.280 e. The molecule has 1 aromatic carbocycles. The molecule has 1 heterocycles. The second-order valence-electron chi connectivity index (χ2n) is 5.70. The van der Waals surface area contributed by atoms with Crippen molar-refractivity contribution in [3.05, 3.63) is 50.8 Å². The molecule has 1 saturated carbocycles. The van der Waals surface area contributed by atoms with E-state index in [4.69, 9.17) is 11.6 Å². The van der Waals surface area contributed by atoms with Gasteiger partial charge in [0.15, 0.2) is 0 Å². The highest BCUT2D eigenvalue weighted by Crippen LogP contribution is 2.40. The zero-order valence-corrected chi connectivity index (χ0v) is 13.5. The van der Waals surface area contributed by atoms with Gasteiger partial charge in [0.25, 0.3) is 12.1 Å².